The first-order valence-electron chi connectivity index (χ1n) is 12.0. The molecule has 0 atom stereocenters. The van der Waals surface area contributed by atoms with Gasteiger partial charge in [-0.05, 0) is 84.4 Å². The van der Waals surface area contributed by atoms with E-state index in [0.29, 0.717) is 30.0 Å². The Morgan fingerprint density at radius 2 is 1.81 bits per heavy atom. The summed E-state index contributed by atoms with van der Waals surface area (Å²) >= 11 is 6.03. The van der Waals surface area contributed by atoms with Crippen LogP contribution in [0.4, 0.5) is 4.39 Å². The molecule has 0 saturated carbocycles. The van der Waals surface area contributed by atoms with E-state index in [1.807, 2.05) is 43.3 Å². The monoisotopic (exact) mass is 506 g/mol. The van der Waals surface area contributed by atoms with Crippen LogP contribution < -0.4 is 4.74 Å². The molecule has 0 aliphatic heterocycles. The van der Waals surface area contributed by atoms with Gasteiger partial charge in [-0.3, -0.25) is 9.89 Å². The molecule has 0 amide bonds. The van der Waals surface area contributed by atoms with Gasteiger partial charge in [0.1, 0.15) is 11.6 Å². The number of unbranched alkanes of at least 4 members (excludes halogenated alkanes) is 2. The summed E-state index contributed by atoms with van der Waals surface area (Å²) in [6.07, 6.45) is 4.82. The number of carboxylic acid groups (broad SMARTS) is 1. The molecular weight excluding hydrogens is 479 g/mol. The van der Waals surface area contributed by atoms with E-state index >= 15 is 4.39 Å². The molecule has 7 heteroatoms. The first kappa shape index (κ1) is 25.5. The third kappa shape index (κ3) is 6.13. The summed E-state index contributed by atoms with van der Waals surface area (Å²) in [7, 11) is 0. The minimum atomic E-state index is -0.771. The van der Waals surface area contributed by atoms with E-state index < -0.39 is 5.97 Å². The zero-order valence-electron chi connectivity index (χ0n) is 20.1. The Kier molecular flexibility index (Phi) is 8.39. The zero-order chi connectivity index (χ0) is 25.5. The van der Waals surface area contributed by atoms with Crippen molar-refractivity contribution in [3.05, 3.63) is 94.4 Å². The zero-order valence-corrected chi connectivity index (χ0v) is 20.8. The van der Waals surface area contributed by atoms with Crippen LogP contribution in [0.2, 0.25) is 5.02 Å². The second-order valence-corrected chi connectivity index (χ2v) is 9.02. The maximum atomic E-state index is 15.0. The molecule has 0 saturated heterocycles. The molecule has 186 valence electrons. The Labute approximate surface area is 214 Å². The van der Waals surface area contributed by atoms with Crippen LogP contribution >= 0.6 is 11.6 Å². The summed E-state index contributed by atoms with van der Waals surface area (Å²) in [5.41, 5.74) is 5.16. The molecule has 1 aromatic heterocycles. The number of nitrogens with one attached hydrogen (secondary N) is 1. The normalized spacial score (nSPS) is 12.0. The molecule has 4 rings (SSSR count). The topological polar surface area (TPSA) is 75.2 Å². The Bertz CT molecular complexity index is 1380. The lowest BCUT2D eigenvalue weighted by atomic mass is 9.87. The fraction of sp³-hybridized carbons (Fsp3) is 0.241. The summed E-state index contributed by atoms with van der Waals surface area (Å²) < 4.78 is 20.9. The second-order valence-electron chi connectivity index (χ2n) is 8.58. The fourth-order valence-corrected chi connectivity index (χ4v) is 4.47. The van der Waals surface area contributed by atoms with Gasteiger partial charge in [0.15, 0.2) is 0 Å². The van der Waals surface area contributed by atoms with Gasteiger partial charge in [0.05, 0.1) is 18.3 Å². The summed E-state index contributed by atoms with van der Waals surface area (Å²) in [6.45, 7) is 2.54. The first-order valence-corrected chi connectivity index (χ1v) is 12.4. The molecule has 0 aliphatic rings. The standard InChI is InChI=1S/C29H28ClFN2O3/c1-2-24(25-13-10-22(30)17-26(25)31)29(20-9-14-27-21(16-20)18-32-33-27)19-7-11-23(12-8-19)36-15-5-3-4-6-28(34)35/h7-14,16-18H,2-6,15H2,1H3,(H,32,33)(H,34,35)/b29-24+. The number of nitrogens with zero attached hydrogens (tertiary/aromatic N) is 1. The predicted octanol–water partition coefficient (Wildman–Crippen LogP) is 7.75. The van der Waals surface area contributed by atoms with E-state index in [2.05, 4.69) is 16.3 Å². The quantitative estimate of drug-likeness (QED) is 0.161. The smallest absolute Gasteiger partial charge is 0.303 e. The number of aromatic amines is 1. The number of aromatic nitrogens is 2. The number of hydrogen-bond acceptors (Lipinski definition) is 3. The van der Waals surface area contributed by atoms with E-state index in [1.54, 1.807) is 18.3 Å². The number of aliphatic carboxylic acids is 1. The molecule has 36 heavy (non-hydrogen) atoms. The summed E-state index contributed by atoms with van der Waals surface area (Å²) in [4.78, 5) is 10.6. The molecule has 3 aromatic carbocycles. The van der Waals surface area contributed by atoms with Crippen molar-refractivity contribution in [1.29, 1.82) is 0 Å². The van der Waals surface area contributed by atoms with Crippen LogP contribution in [0.5, 0.6) is 5.75 Å². The molecular formula is C29H28ClFN2O3. The molecule has 0 bridgehead atoms. The minimum absolute atomic E-state index is 0.183. The molecule has 0 unspecified atom stereocenters. The summed E-state index contributed by atoms with van der Waals surface area (Å²) in [5, 5.41) is 17.2. The molecule has 0 fully saturated rings. The predicted molar refractivity (Wildman–Crippen MR) is 142 cm³/mol. The molecule has 0 radical (unpaired) electrons. The van der Waals surface area contributed by atoms with E-state index in [9.17, 15) is 4.79 Å². The number of benzene rings is 3. The van der Waals surface area contributed by atoms with Gasteiger partial charge in [0.25, 0.3) is 0 Å². The average Bonchev–Trinajstić information content (AvgIpc) is 3.33. The molecule has 5 nitrogen and oxygen atoms in total. The van der Waals surface area contributed by atoms with Gasteiger partial charge in [0.2, 0.25) is 0 Å². The minimum Gasteiger partial charge on any atom is -0.494 e. The Balaban J connectivity index is 1.66. The average molecular weight is 507 g/mol. The molecule has 0 spiro atoms. The van der Waals surface area contributed by atoms with Gasteiger partial charge in [-0.2, -0.15) is 5.10 Å². The lowest BCUT2D eigenvalue weighted by Crippen LogP contribution is -2.00. The van der Waals surface area contributed by atoms with Gasteiger partial charge in [-0.1, -0.05) is 42.8 Å². The third-order valence-electron chi connectivity index (χ3n) is 6.09. The highest BCUT2D eigenvalue weighted by Gasteiger charge is 2.17. The van der Waals surface area contributed by atoms with Crippen molar-refractivity contribution in [3.63, 3.8) is 0 Å². The number of carboxylic acids is 1. The van der Waals surface area contributed by atoms with Crippen molar-refractivity contribution in [3.8, 4) is 5.75 Å². The number of H-pyrrole nitrogens is 1. The van der Waals surface area contributed by atoms with Crippen molar-refractivity contribution >= 4 is 39.6 Å². The molecule has 2 N–H and O–H groups in total. The Hall–Kier alpha value is -3.64. The van der Waals surface area contributed by atoms with E-state index in [-0.39, 0.29) is 12.2 Å². The van der Waals surface area contributed by atoms with Gasteiger partial charge in [-0.15, -0.1) is 0 Å². The van der Waals surface area contributed by atoms with Crippen LogP contribution in [0.15, 0.2) is 66.9 Å². The number of fused-ring (bicyclic) bond motifs is 1. The number of rotatable bonds is 11. The van der Waals surface area contributed by atoms with E-state index in [1.165, 1.54) is 6.07 Å². The van der Waals surface area contributed by atoms with Crippen molar-refractivity contribution in [2.24, 2.45) is 0 Å². The molecule has 0 aliphatic carbocycles. The third-order valence-corrected chi connectivity index (χ3v) is 6.32. The van der Waals surface area contributed by atoms with Crippen LogP contribution in [-0.2, 0) is 4.79 Å². The highest BCUT2D eigenvalue weighted by molar-refractivity contribution is 6.30. The molecule has 4 aromatic rings. The fourth-order valence-electron chi connectivity index (χ4n) is 4.31. The lowest BCUT2D eigenvalue weighted by Gasteiger charge is -2.17. The van der Waals surface area contributed by atoms with Gasteiger partial charge < -0.3 is 9.84 Å². The van der Waals surface area contributed by atoms with Crippen molar-refractivity contribution in [2.45, 2.75) is 39.0 Å². The van der Waals surface area contributed by atoms with Gasteiger partial charge in [0, 0.05) is 22.4 Å². The van der Waals surface area contributed by atoms with E-state index in [4.69, 9.17) is 21.4 Å². The van der Waals surface area contributed by atoms with Crippen LogP contribution in [0.1, 0.15) is 55.7 Å². The Morgan fingerprint density at radius 3 is 2.53 bits per heavy atom. The van der Waals surface area contributed by atoms with E-state index in [0.717, 1.165) is 51.8 Å². The van der Waals surface area contributed by atoms with Crippen molar-refractivity contribution < 1.29 is 19.0 Å². The van der Waals surface area contributed by atoms with Crippen LogP contribution in [-0.4, -0.2) is 27.9 Å². The Morgan fingerprint density at radius 1 is 1.03 bits per heavy atom. The summed E-state index contributed by atoms with van der Waals surface area (Å²) in [6, 6.07) is 18.6. The first-order chi connectivity index (χ1) is 17.5. The second kappa shape index (κ2) is 11.9. The van der Waals surface area contributed by atoms with Crippen LogP contribution in [0.3, 0.4) is 0 Å². The maximum absolute atomic E-state index is 15.0. The van der Waals surface area contributed by atoms with Gasteiger partial charge >= 0.3 is 5.97 Å². The highest BCUT2D eigenvalue weighted by Crippen LogP contribution is 2.37. The van der Waals surface area contributed by atoms with Crippen molar-refractivity contribution in [1.82, 2.24) is 10.2 Å². The number of hydrogen-bond donors (Lipinski definition) is 2. The van der Waals surface area contributed by atoms with Crippen LogP contribution in [0, 0.1) is 5.82 Å². The summed E-state index contributed by atoms with van der Waals surface area (Å²) in [5.74, 6) is -0.395. The maximum Gasteiger partial charge on any atom is 0.303 e. The number of halogens is 2. The number of carbonyl (C=O) groups is 1. The van der Waals surface area contributed by atoms with Crippen molar-refractivity contribution in [2.75, 3.05) is 6.61 Å². The molecule has 1 heterocycles. The lowest BCUT2D eigenvalue weighted by molar-refractivity contribution is -0.137. The number of ether oxygens (including phenoxy) is 1. The SMILES string of the molecule is CC/C(=C(/c1ccc(OCCCCCC(=O)O)cc1)c1ccc2[nH]ncc2c1)c1ccc(Cl)cc1F. The highest BCUT2D eigenvalue weighted by atomic mass is 35.5. The van der Waals surface area contributed by atoms with Crippen LogP contribution in [0.25, 0.3) is 22.0 Å². The van der Waals surface area contributed by atoms with Gasteiger partial charge in [-0.25, -0.2) is 4.39 Å². The number of allylic oxidation sites excluding steroid dienone is 1. The largest absolute Gasteiger partial charge is 0.494 e.